The van der Waals surface area contributed by atoms with Crippen molar-refractivity contribution in [3.63, 3.8) is 0 Å². The van der Waals surface area contributed by atoms with Gasteiger partial charge in [0.1, 0.15) is 0 Å². The van der Waals surface area contributed by atoms with Gasteiger partial charge in [0, 0.05) is 42.5 Å². The van der Waals surface area contributed by atoms with Crippen molar-refractivity contribution in [1.82, 2.24) is 5.32 Å². The number of ether oxygens (including phenoxy) is 2. The van der Waals surface area contributed by atoms with Gasteiger partial charge in [-0.3, -0.25) is 9.59 Å². The lowest BCUT2D eigenvalue weighted by atomic mass is 9.85. The lowest BCUT2D eigenvalue weighted by molar-refractivity contribution is -0.121. The van der Waals surface area contributed by atoms with E-state index in [9.17, 15) is 9.59 Å². The molecule has 45 heavy (non-hydrogen) atoms. The van der Waals surface area contributed by atoms with Crippen LogP contribution in [0.25, 0.3) is 0 Å². The fourth-order valence-corrected chi connectivity index (χ4v) is 6.68. The molecule has 0 spiro atoms. The van der Waals surface area contributed by atoms with Crippen molar-refractivity contribution in [3.05, 3.63) is 82.4 Å². The maximum Gasteiger partial charge on any atom is 0.232 e. The molecule has 1 aliphatic heterocycles. The van der Waals surface area contributed by atoms with Crippen LogP contribution in [-0.4, -0.2) is 44.7 Å². The van der Waals surface area contributed by atoms with Gasteiger partial charge in [0.05, 0.1) is 25.7 Å². The monoisotopic (exact) mass is 631 g/mol. The number of hydrogen-bond acceptors (Lipinski definition) is 5. The Hall–Kier alpha value is -3.71. The van der Waals surface area contributed by atoms with Crippen molar-refractivity contribution in [3.8, 4) is 11.5 Å². The van der Waals surface area contributed by atoms with E-state index in [-0.39, 0.29) is 30.4 Å². The van der Waals surface area contributed by atoms with E-state index in [1.807, 2.05) is 55.1 Å². The Bertz CT molecular complexity index is 1470. The summed E-state index contributed by atoms with van der Waals surface area (Å²) in [7, 11) is 3.76. The average molecular weight is 632 g/mol. The topological polar surface area (TPSA) is 71.1 Å². The van der Waals surface area contributed by atoms with E-state index in [0.717, 1.165) is 66.7 Å². The van der Waals surface area contributed by atoms with Crippen molar-refractivity contribution >= 4 is 34.8 Å². The zero-order valence-electron chi connectivity index (χ0n) is 27.1. The van der Waals surface area contributed by atoms with Crippen molar-refractivity contribution in [2.45, 2.75) is 83.9 Å². The Morgan fingerprint density at radius 2 is 1.71 bits per heavy atom. The van der Waals surface area contributed by atoms with Gasteiger partial charge >= 0.3 is 0 Å². The largest absolute Gasteiger partial charge is 0.493 e. The molecule has 7 nitrogen and oxygen atoms in total. The Morgan fingerprint density at radius 1 is 1.02 bits per heavy atom. The first-order chi connectivity index (χ1) is 21.7. The molecule has 3 aromatic rings. The number of nitrogens with one attached hydrogen (secondary N) is 1. The predicted octanol–water partition coefficient (Wildman–Crippen LogP) is 7.73. The highest BCUT2D eigenvalue weighted by Crippen LogP contribution is 2.44. The molecule has 240 valence electrons. The molecule has 0 radical (unpaired) electrons. The van der Waals surface area contributed by atoms with Gasteiger partial charge in [-0.2, -0.15) is 0 Å². The quantitative estimate of drug-likeness (QED) is 0.235. The molecule has 1 aliphatic carbocycles. The van der Waals surface area contributed by atoms with Crippen LogP contribution in [0.3, 0.4) is 0 Å². The number of hydrogen-bond donors (Lipinski definition) is 1. The summed E-state index contributed by atoms with van der Waals surface area (Å²) in [4.78, 5) is 29.9. The highest BCUT2D eigenvalue weighted by molar-refractivity contribution is 6.30. The van der Waals surface area contributed by atoms with Gasteiger partial charge in [0.2, 0.25) is 11.8 Å². The molecule has 1 heterocycles. The zero-order valence-corrected chi connectivity index (χ0v) is 27.9. The lowest BCUT2D eigenvalue weighted by Crippen LogP contribution is -2.41. The fraction of sp³-hybridized carbons (Fsp3) is 0.459. The number of anilines is 2. The van der Waals surface area contributed by atoms with Gasteiger partial charge < -0.3 is 24.6 Å². The molecule has 0 saturated heterocycles. The van der Waals surface area contributed by atoms with Gasteiger partial charge in [-0.05, 0) is 110 Å². The minimum absolute atomic E-state index is 0.0214. The highest BCUT2D eigenvalue weighted by atomic mass is 35.5. The molecule has 8 heteroatoms. The molecule has 2 aliphatic rings. The average Bonchev–Trinajstić information content (AvgIpc) is 3.05. The Labute approximate surface area is 272 Å². The van der Waals surface area contributed by atoms with E-state index >= 15 is 0 Å². The molecule has 1 saturated carbocycles. The summed E-state index contributed by atoms with van der Waals surface area (Å²) < 4.78 is 12.0. The summed E-state index contributed by atoms with van der Waals surface area (Å²) in [6.07, 6.45) is 5.97. The van der Waals surface area contributed by atoms with Gasteiger partial charge in [-0.1, -0.05) is 37.6 Å². The zero-order chi connectivity index (χ0) is 32.1. The first kappa shape index (κ1) is 32.7. The summed E-state index contributed by atoms with van der Waals surface area (Å²) in [5.41, 5.74) is 4.88. The summed E-state index contributed by atoms with van der Waals surface area (Å²) >= 11 is 6.28. The third kappa shape index (κ3) is 7.58. The molecule has 1 fully saturated rings. The van der Waals surface area contributed by atoms with Crippen LogP contribution in [0.2, 0.25) is 5.02 Å². The van der Waals surface area contributed by atoms with E-state index in [4.69, 9.17) is 21.1 Å². The Kier molecular flexibility index (Phi) is 10.6. The molecule has 0 bridgehead atoms. The first-order valence-corrected chi connectivity index (χ1v) is 16.6. The first-order valence-electron chi connectivity index (χ1n) is 16.3. The molecule has 2 atom stereocenters. The maximum absolute atomic E-state index is 13.9. The second kappa shape index (κ2) is 14.6. The maximum atomic E-state index is 13.9. The van der Waals surface area contributed by atoms with Crippen LogP contribution in [0, 0.1) is 5.92 Å². The fourth-order valence-electron chi connectivity index (χ4n) is 6.55. The number of amides is 2. The molecule has 1 N–H and O–H groups in total. The second-order valence-electron chi connectivity index (χ2n) is 12.5. The van der Waals surface area contributed by atoms with Crippen molar-refractivity contribution in [2.75, 3.05) is 30.5 Å². The van der Waals surface area contributed by atoms with Crippen LogP contribution >= 0.6 is 11.6 Å². The van der Waals surface area contributed by atoms with Crippen LogP contribution in [0.5, 0.6) is 11.5 Å². The smallest absolute Gasteiger partial charge is 0.232 e. The van der Waals surface area contributed by atoms with Gasteiger partial charge in [0.25, 0.3) is 0 Å². The van der Waals surface area contributed by atoms with Crippen molar-refractivity contribution < 1.29 is 19.1 Å². The summed E-state index contributed by atoms with van der Waals surface area (Å²) in [6.45, 7) is 6.99. The number of fused-ring (bicyclic) bond motifs is 1. The van der Waals surface area contributed by atoms with Crippen LogP contribution in [0.1, 0.15) is 82.0 Å². The molecule has 0 unspecified atom stereocenters. The summed E-state index contributed by atoms with van der Waals surface area (Å²) in [5, 5.41) is 3.80. The predicted molar refractivity (Wildman–Crippen MR) is 182 cm³/mol. The Balaban J connectivity index is 1.39. The molecule has 5 rings (SSSR count). The number of carbonyl (C=O) groups excluding carboxylic acids is 2. The van der Waals surface area contributed by atoms with Gasteiger partial charge in [0.15, 0.2) is 11.5 Å². The summed E-state index contributed by atoms with van der Waals surface area (Å²) in [6, 6.07) is 20.0. The van der Waals surface area contributed by atoms with Crippen LogP contribution < -0.4 is 24.6 Å². The van der Waals surface area contributed by atoms with E-state index in [2.05, 4.69) is 48.5 Å². The number of carbonyl (C=O) groups is 2. The van der Waals surface area contributed by atoms with Gasteiger partial charge in [-0.15, -0.1) is 0 Å². The van der Waals surface area contributed by atoms with Crippen molar-refractivity contribution in [2.24, 2.45) is 5.92 Å². The minimum Gasteiger partial charge on any atom is -0.493 e. The third-order valence-electron chi connectivity index (χ3n) is 9.31. The number of rotatable bonds is 11. The molecular weight excluding hydrogens is 586 g/mol. The number of halogens is 1. The molecule has 0 aromatic heterocycles. The van der Waals surface area contributed by atoms with E-state index < -0.39 is 0 Å². The summed E-state index contributed by atoms with van der Waals surface area (Å²) in [5.74, 6) is 2.06. The van der Waals surface area contributed by atoms with Crippen LogP contribution in [0.4, 0.5) is 11.4 Å². The SMILES string of the molecule is CCC(=O)N[C@H]1CC[C@H](CN(C)c2ccc(N3C(=O)Cc4cc(OC)c(O[C@H](C)CC)cc4[C@@H]3c3ccc(Cl)cc3)cc2)CC1. The van der Waals surface area contributed by atoms with Crippen molar-refractivity contribution in [1.29, 1.82) is 0 Å². The van der Waals surface area contributed by atoms with E-state index in [1.165, 1.54) is 0 Å². The molecular formula is C37H46ClN3O4. The highest BCUT2D eigenvalue weighted by Gasteiger charge is 2.36. The normalized spacial score (nSPS) is 20.3. The van der Waals surface area contributed by atoms with E-state index in [0.29, 0.717) is 34.9 Å². The van der Waals surface area contributed by atoms with E-state index in [1.54, 1.807) is 7.11 Å². The standard InChI is InChI=1S/C37H46ClN3O4/c1-6-24(3)45-34-22-32-27(20-33(34)44-5)21-36(43)41(37(32)26-10-12-28(38)13-11-26)31-18-16-30(17-19-31)40(4)23-25-8-14-29(15-9-25)39-35(42)7-2/h10-13,16-20,22,24-25,29,37H,6-9,14-15,21,23H2,1-5H3,(H,39,42)/t24-,25-,29-,37+/m1/s1. The number of nitrogens with zero attached hydrogens (tertiary/aromatic N) is 2. The number of methoxy groups -OCH3 is 1. The van der Waals surface area contributed by atoms with Crippen LogP contribution in [-0.2, 0) is 16.0 Å². The second-order valence-corrected chi connectivity index (χ2v) is 12.9. The third-order valence-corrected chi connectivity index (χ3v) is 9.56. The Morgan fingerprint density at radius 3 is 2.33 bits per heavy atom. The molecule has 3 aromatic carbocycles. The van der Waals surface area contributed by atoms with Crippen LogP contribution in [0.15, 0.2) is 60.7 Å². The number of benzene rings is 3. The lowest BCUT2D eigenvalue weighted by Gasteiger charge is -2.38. The van der Waals surface area contributed by atoms with Gasteiger partial charge in [-0.25, -0.2) is 0 Å². The minimum atomic E-state index is -0.351. The molecule has 2 amide bonds.